The van der Waals surface area contributed by atoms with Crippen molar-refractivity contribution >= 4 is 35.0 Å². The van der Waals surface area contributed by atoms with E-state index in [0.717, 1.165) is 4.90 Å². The molecule has 10 heteroatoms. The van der Waals surface area contributed by atoms with E-state index >= 15 is 0 Å². The number of hydrogen-bond donors (Lipinski definition) is 2. The number of benzene rings is 3. The minimum absolute atomic E-state index is 0.0623. The highest BCUT2D eigenvalue weighted by Crippen LogP contribution is 2.27. The lowest BCUT2D eigenvalue weighted by molar-refractivity contribution is -0.384. The maximum Gasteiger partial charge on any atom is 0.269 e. The number of rotatable bonds is 7. The van der Waals surface area contributed by atoms with Gasteiger partial charge in [0.1, 0.15) is 6.04 Å². The first-order valence-electron chi connectivity index (χ1n) is 10.2. The molecule has 3 N–H and O–H groups in total. The normalized spacial score (nSPS) is 13.4. The molecule has 3 aromatic carbocycles. The predicted octanol–water partition coefficient (Wildman–Crippen LogP) is 2.54. The molecule has 0 unspecified atom stereocenters. The van der Waals surface area contributed by atoms with E-state index in [-0.39, 0.29) is 34.5 Å². The van der Waals surface area contributed by atoms with Crippen LogP contribution in [0.5, 0.6) is 0 Å². The molecule has 1 aliphatic rings. The second kappa shape index (κ2) is 8.94. The number of nitro benzene ring substituents is 1. The number of para-hydroxylation sites is 1. The number of fused-ring (bicyclic) bond motifs is 1. The summed E-state index contributed by atoms with van der Waals surface area (Å²) in [6.07, 6.45) is -0.103. The number of nitrogens with zero attached hydrogens (tertiary/aromatic N) is 2. The smallest absolute Gasteiger partial charge is 0.269 e. The Balaban J connectivity index is 1.70. The summed E-state index contributed by atoms with van der Waals surface area (Å²) < 4.78 is 0. The second-order valence-corrected chi connectivity index (χ2v) is 7.57. The largest absolute Gasteiger partial charge is 0.366 e. The molecular weight excluding hydrogens is 440 g/mol. The molecule has 0 bridgehead atoms. The van der Waals surface area contributed by atoms with E-state index in [4.69, 9.17) is 5.73 Å². The van der Waals surface area contributed by atoms with Crippen LogP contribution in [0, 0.1) is 10.1 Å². The Morgan fingerprint density at radius 3 is 2.03 bits per heavy atom. The number of nitro groups is 1. The molecule has 0 radical (unpaired) electrons. The number of non-ortho nitro benzene ring substituents is 1. The molecule has 0 fully saturated rings. The van der Waals surface area contributed by atoms with E-state index in [9.17, 15) is 29.3 Å². The van der Waals surface area contributed by atoms with E-state index in [2.05, 4.69) is 5.32 Å². The van der Waals surface area contributed by atoms with Crippen molar-refractivity contribution in [3.05, 3.63) is 105 Å². The number of nitrogens with one attached hydrogen (secondary N) is 1. The predicted molar refractivity (Wildman–Crippen MR) is 121 cm³/mol. The summed E-state index contributed by atoms with van der Waals surface area (Å²) in [4.78, 5) is 62.6. The molecular formula is C24H18N4O6. The molecule has 1 atom stereocenters. The van der Waals surface area contributed by atoms with Crippen LogP contribution in [-0.2, 0) is 11.2 Å². The number of carbonyl (C=O) groups is 4. The minimum Gasteiger partial charge on any atom is -0.366 e. The van der Waals surface area contributed by atoms with E-state index in [1.807, 2.05) is 0 Å². The minimum atomic E-state index is -1.30. The van der Waals surface area contributed by atoms with Crippen molar-refractivity contribution < 1.29 is 24.1 Å². The molecule has 10 nitrogen and oxygen atoms in total. The van der Waals surface area contributed by atoms with Gasteiger partial charge in [-0.25, -0.2) is 0 Å². The molecule has 3 aromatic rings. The number of anilines is 1. The summed E-state index contributed by atoms with van der Waals surface area (Å²) >= 11 is 0. The summed E-state index contributed by atoms with van der Waals surface area (Å²) in [6.45, 7) is 0. The second-order valence-electron chi connectivity index (χ2n) is 7.57. The lowest BCUT2D eigenvalue weighted by atomic mass is 10.0. The lowest BCUT2D eigenvalue weighted by Gasteiger charge is -2.26. The van der Waals surface area contributed by atoms with E-state index in [1.165, 1.54) is 48.5 Å². The summed E-state index contributed by atoms with van der Waals surface area (Å²) in [6, 6.07) is 16.5. The Kier molecular flexibility index (Phi) is 5.88. The third-order valence-corrected chi connectivity index (χ3v) is 5.47. The van der Waals surface area contributed by atoms with Crippen LogP contribution in [-0.4, -0.2) is 39.5 Å². The monoisotopic (exact) mass is 458 g/mol. The van der Waals surface area contributed by atoms with Gasteiger partial charge in [-0.3, -0.25) is 34.2 Å². The van der Waals surface area contributed by atoms with Crippen molar-refractivity contribution in [2.75, 3.05) is 5.32 Å². The Morgan fingerprint density at radius 2 is 1.47 bits per heavy atom. The molecule has 0 aromatic heterocycles. The molecule has 170 valence electrons. The van der Waals surface area contributed by atoms with Crippen molar-refractivity contribution in [3.63, 3.8) is 0 Å². The van der Waals surface area contributed by atoms with Gasteiger partial charge in [-0.2, -0.15) is 0 Å². The van der Waals surface area contributed by atoms with Crippen LogP contribution in [0.3, 0.4) is 0 Å². The van der Waals surface area contributed by atoms with Crippen molar-refractivity contribution in [1.82, 2.24) is 4.90 Å². The molecule has 34 heavy (non-hydrogen) atoms. The molecule has 0 spiro atoms. The van der Waals surface area contributed by atoms with Gasteiger partial charge in [0.2, 0.25) is 5.91 Å². The summed E-state index contributed by atoms with van der Waals surface area (Å²) in [5.74, 6) is -2.75. The molecule has 0 aliphatic carbocycles. The first-order chi connectivity index (χ1) is 16.3. The third-order valence-electron chi connectivity index (χ3n) is 5.47. The fourth-order valence-corrected chi connectivity index (χ4v) is 3.79. The Hall–Kier alpha value is -4.86. The zero-order valence-corrected chi connectivity index (χ0v) is 17.6. The zero-order chi connectivity index (χ0) is 24.4. The SMILES string of the molecule is NC(=O)c1ccccc1NC(=O)[C@@H](Cc1ccc([N+](=O)[O-])cc1)N1C(=O)c2ccccc2C1=O. The van der Waals surface area contributed by atoms with Gasteiger partial charge in [-0.15, -0.1) is 0 Å². The van der Waals surface area contributed by atoms with Crippen LogP contribution in [0.2, 0.25) is 0 Å². The van der Waals surface area contributed by atoms with Gasteiger partial charge in [-0.05, 0) is 29.8 Å². The molecule has 1 heterocycles. The van der Waals surface area contributed by atoms with Crippen molar-refractivity contribution in [2.24, 2.45) is 5.73 Å². The third kappa shape index (κ3) is 4.11. The number of hydrogen-bond acceptors (Lipinski definition) is 6. The maximum absolute atomic E-state index is 13.4. The van der Waals surface area contributed by atoms with Gasteiger partial charge in [0, 0.05) is 18.6 Å². The molecule has 0 saturated carbocycles. The first kappa shape index (κ1) is 22.3. The number of imide groups is 1. The first-order valence-corrected chi connectivity index (χ1v) is 10.2. The quantitative estimate of drug-likeness (QED) is 0.315. The fraction of sp³-hybridized carbons (Fsp3) is 0.0833. The van der Waals surface area contributed by atoms with Gasteiger partial charge in [0.05, 0.1) is 27.3 Å². The zero-order valence-electron chi connectivity index (χ0n) is 17.6. The highest BCUT2D eigenvalue weighted by molar-refractivity contribution is 6.23. The standard InChI is InChI=1S/C24H18N4O6/c25-21(29)18-7-3-4-8-19(18)26-22(30)20(13-14-9-11-15(12-10-14)28(33)34)27-23(31)16-5-1-2-6-17(16)24(27)32/h1-12,20H,13H2,(H2,25,29)(H,26,30)/t20-/m1/s1. The number of primary amides is 1. The van der Waals surface area contributed by atoms with Gasteiger partial charge in [0.25, 0.3) is 23.4 Å². The topological polar surface area (TPSA) is 153 Å². The molecule has 1 aliphatic heterocycles. The highest BCUT2D eigenvalue weighted by atomic mass is 16.6. The molecule has 4 rings (SSSR count). The number of carbonyl (C=O) groups excluding carboxylic acids is 4. The molecule has 4 amide bonds. The molecule has 0 saturated heterocycles. The summed E-state index contributed by atoms with van der Waals surface area (Å²) in [7, 11) is 0. The van der Waals surface area contributed by atoms with Gasteiger partial charge in [-0.1, -0.05) is 36.4 Å². The van der Waals surface area contributed by atoms with Crippen LogP contribution in [0.1, 0.15) is 36.6 Å². The van der Waals surface area contributed by atoms with Crippen LogP contribution in [0.15, 0.2) is 72.8 Å². The van der Waals surface area contributed by atoms with Crippen molar-refractivity contribution in [3.8, 4) is 0 Å². The van der Waals surface area contributed by atoms with Crippen molar-refractivity contribution in [2.45, 2.75) is 12.5 Å². The van der Waals surface area contributed by atoms with E-state index < -0.39 is 34.6 Å². The van der Waals surface area contributed by atoms with Crippen LogP contribution < -0.4 is 11.1 Å². The summed E-state index contributed by atoms with van der Waals surface area (Å²) in [5, 5.41) is 13.6. The van der Waals surface area contributed by atoms with Gasteiger partial charge >= 0.3 is 0 Å². The average Bonchev–Trinajstić information content (AvgIpc) is 3.08. The number of amides is 4. The van der Waals surface area contributed by atoms with Crippen LogP contribution in [0.4, 0.5) is 11.4 Å². The van der Waals surface area contributed by atoms with E-state index in [1.54, 1.807) is 24.3 Å². The van der Waals surface area contributed by atoms with Crippen LogP contribution >= 0.6 is 0 Å². The fourth-order valence-electron chi connectivity index (χ4n) is 3.79. The number of nitrogens with two attached hydrogens (primary N) is 1. The van der Waals surface area contributed by atoms with Crippen LogP contribution in [0.25, 0.3) is 0 Å². The maximum atomic E-state index is 13.4. The Bertz CT molecular complexity index is 1300. The Labute approximate surface area is 193 Å². The van der Waals surface area contributed by atoms with Gasteiger partial charge < -0.3 is 11.1 Å². The summed E-state index contributed by atoms with van der Waals surface area (Å²) in [5.41, 5.74) is 6.28. The highest BCUT2D eigenvalue weighted by Gasteiger charge is 2.42. The van der Waals surface area contributed by atoms with Gasteiger partial charge in [0.15, 0.2) is 0 Å². The average molecular weight is 458 g/mol. The van der Waals surface area contributed by atoms with Crippen molar-refractivity contribution in [1.29, 1.82) is 0 Å². The van der Waals surface area contributed by atoms with E-state index in [0.29, 0.717) is 5.56 Å². The Morgan fingerprint density at radius 1 is 0.912 bits per heavy atom. The lowest BCUT2D eigenvalue weighted by Crippen LogP contribution is -2.48.